The number of oxime groups is 1. The van der Waals surface area contributed by atoms with Gasteiger partial charge in [-0.1, -0.05) is 59.8 Å². The molecule has 0 unspecified atom stereocenters. The third-order valence-corrected chi connectivity index (χ3v) is 3.67. The summed E-state index contributed by atoms with van der Waals surface area (Å²) in [5, 5.41) is 3.69. The molecular formula is C20H18N3O2+. The smallest absolute Gasteiger partial charge is 0.339 e. The molecule has 0 spiro atoms. The van der Waals surface area contributed by atoms with Crippen molar-refractivity contribution < 1.29 is 14.6 Å². The van der Waals surface area contributed by atoms with Crippen LogP contribution in [0.5, 0.6) is 0 Å². The Morgan fingerprint density at radius 2 is 1.56 bits per heavy atom. The van der Waals surface area contributed by atoms with Crippen LogP contribution in [0.3, 0.4) is 0 Å². The Labute approximate surface area is 145 Å². The van der Waals surface area contributed by atoms with Crippen LogP contribution in [-0.2, 0) is 16.1 Å². The Balaban J connectivity index is 1.60. The molecule has 0 radical (unpaired) electrons. The molecular weight excluding hydrogens is 314 g/mol. The van der Waals surface area contributed by atoms with Gasteiger partial charge in [-0.15, -0.1) is 0 Å². The first-order chi connectivity index (χ1) is 12.2. The maximum atomic E-state index is 11.9. The number of nitrogens with two attached hydrogens (primary N) is 1. The summed E-state index contributed by atoms with van der Waals surface area (Å²) in [5.74, 6) is -0.306. The van der Waals surface area contributed by atoms with Gasteiger partial charge in [0.25, 0.3) is 0 Å². The summed E-state index contributed by atoms with van der Waals surface area (Å²) in [6.45, 7) is 0. The molecule has 0 fully saturated rings. The standard InChI is InChI=1S/C20H17N3O2/c21-20(18-10-12-22-13-11-18)23-25-19(24)14-15-6-8-17(9-7-15)16-4-2-1-3-5-16/h1-13H,14H2,(H2,21,23)/p+1. The van der Waals surface area contributed by atoms with Crippen molar-refractivity contribution in [3.8, 4) is 11.1 Å². The van der Waals surface area contributed by atoms with Gasteiger partial charge in [-0.2, -0.15) is 0 Å². The van der Waals surface area contributed by atoms with E-state index in [1.165, 1.54) is 0 Å². The summed E-state index contributed by atoms with van der Waals surface area (Å²) in [6, 6.07) is 21.3. The van der Waals surface area contributed by atoms with Gasteiger partial charge < -0.3 is 10.6 Å². The number of nitrogens with one attached hydrogen (secondary N) is 1. The van der Waals surface area contributed by atoms with Crippen LogP contribution in [0.4, 0.5) is 0 Å². The first kappa shape index (κ1) is 16.4. The zero-order chi connectivity index (χ0) is 17.5. The second-order valence-electron chi connectivity index (χ2n) is 5.47. The number of hydrogen-bond donors (Lipinski definition) is 1. The lowest BCUT2D eigenvalue weighted by Gasteiger charge is -2.04. The molecule has 0 aliphatic heterocycles. The maximum Gasteiger partial charge on any atom is 0.339 e. The van der Waals surface area contributed by atoms with Gasteiger partial charge in [-0.05, 0) is 16.7 Å². The Morgan fingerprint density at radius 3 is 2.24 bits per heavy atom. The molecule has 0 aliphatic rings. The fourth-order valence-electron chi connectivity index (χ4n) is 2.36. The topological polar surface area (TPSA) is 78.8 Å². The Bertz CT molecular complexity index is 860. The molecule has 0 atom stereocenters. The minimum atomic E-state index is -0.460. The summed E-state index contributed by atoms with van der Waals surface area (Å²) in [5.41, 5.74) is 9.55. The van der Waals surface area contributed by atoms with Crippen LogP contribution in [0.2, 0.25) is 0 Å². The van der Waals surface area contributed by atoms with Gasteiger partial charge in [0.15, 0.2) is 18.2 Å². The van der Waals surface area contributed by atoms with Crippen LogP contribution in [-0.4, -0.2) is 11.8 Å². The average molecular weight is 332 g/mol. The normalized spacial score (nSPS) is 11.1. The van der Waals surface area contributed by atoms with Crippen molar-refractivity contribution >= 4 is 11.8 Å². The van der Waals surface area contributed by atoms with Crippen molar-refractivity contribution in [1.82, 2.24) is 0 Å². The van der Waals surface area contributed by atoms with E-state index in [2.05, 4.69) is 10.1 Å². The molecule has 1 aromatic heterocycles. The van der Waals surface area contributed by atoms with E-state index in [9.17, 15) is 4.79 Å². The molecule has 0 saturated carbocycles. The van der Waals surface area contributed by atoms with E-state index in [0.717, 1.165) is 16.7 Å². The molecule has 25 heavy (non-hydrogen) atoms. The van der Waals surface area contributed by atoms with E-state index in [1.807, 2.05) is 54.6 Å². The predicted molar refractivity (Wildman–Crippen MR) is 95.4 cm³/mol. The highest BCUT2D eigenvalue weighted by molar-refractivity contribution is 5.97. The van der Waals surface area contributed by atoms with Gasteiger partial charge in [-0.25, -0.2) is 9.78 Å². The number of benzene rings is 2. The van der Waals surface area contributed by atoms with E-state index in [4.69, 9.17) is 10.6 Å². The number of aromatic amines is 1. The highest BCUT2D eigenvalue weighted by atomic mass is 16.7. The van der Waals surface area contributed by atoms with Crippen molar-refractivity contribution in [1.29, 1.82) is 0 Å². The van der Waals surface area contributed by atoms with Crippen LogP contribution in [0.1, 0.15) is 11.1 Å². The zero-order valence-electron chi connectivity index (χ0n) is 13.6. The third-order valence-electron chi connectivity index (χ3n) is 3.67. The van der Waals surface area contributed by atoms with Gasteiger partial charge >= 0.3 is 5.97 Å². The van der Waals surface area contributed by atoms with Crippen molar-refractivity contribution in [3.63, 3.8) is 0 Å². The van der Waals surface area contributed by atoms with Crippen molar-refractivity contribution in [3.05, 3.63) is 90.3 Å². The minimum absolute atomic E-state index is 0.133. The lowest BCUT2D eigenvalue weighted by Crippen LogP contribution is -2.16. The largest absolute Gasteiger partial charge is 0.380 e. The van der Waals surface area contributed by atoms with Crippen molar-refractivity contribution in [2.75, 3.05) is 0 Å². The number of H-pyrrole nitrogens is 1. The number of carbonyl (C=O) groups excluding carboxylic acids is 1. The predicted octanol–water partition coefficient (Wildman–Crippen LogP) is 2.57. The van der Waals surface area contributed by atoms with E-state index >= 15 is 0 Å². The summed E-state index contributed by atoms with van der Waals surface area (Å²) in [4.78, 5) is 19.7. The van der Waals surface area contributed by atoms with Crippen LogP contribution >= 0.6 is 0 Å². The zero-order valence-corrected chi connectivity index (χ0v) is 13.6. The third kappa shape index (κ3) is 4.51. The number of amidine groups is 1. The van der Waals surface area contributed by atoms with E-state index in [1.54, 1.807) is 24.5 Å². The lowest BCUT2D eigenvalue weighted by atomic mass is 10.0. The van der Waals surface area contributed by atoms with E-state index < -0.39 is 5.97 Å². The number of nitrogens with zero attached hydrogens (tertiary/aromatic N) is 1. The molecule has 0 bridgehead atoms. The molecule has 5 nitrogen and oxygen atoms in total. The average Bonchev–Trinajstić information content (AvgIpc) is 2.68. The molecule has 2 aromatic carbocycles. The van der Waals surface area contributed by atoms with Crippen molar-refractivity contribution in [2.45, 2.75) is 6.42 Å². The Kier molecular flexibility index (Phi) is 5.16. The fourth-order valence-corrected chi connectivity index (χ4v) is 2.36. The van der Waals surface area contributed by atoms with Crippen LogP contribution in [0.15, 0.2) is 84.3 Å². The molecule has 0 aliphatic carbocycles. The number of hydrogen-bond acceptors (Lipinski definition) is 3. The van der Waals surface area contributed by atoms with Gasteiger partial charge in [-0.3, -0.25) is 0 Å². The van der Waals surface area contributed by atoms with Gasteiger partial charge in [0.1, 0.15) is 0 Å². The molecule has 124 valence electrons. The highest BCUT2D eigenvalue weighted by Gasteiger charge is 2.07. The molecule has 3 rings (SSSR count). The monoisotopic (exact) mass is 332 g/mol. The summed E-state index contributed by atoms with van der Waals surface area (Å²) < 4.78 is 0. The molecule has 3 N–H and O–H groups in total. The van der Waals surface area contributed by atoms with Crippen LogP contribution in [0, 0.1) is 0 Å². The SMILES string of the molecule is NC(=NOC(=O)Cc1ccc(-c2ccccc2)cc1)c1cc[nH+]cc1. The second kappa shape index (κ2) is 7.88. The maximum absolute atomic E-state index is 11.9. The first-order valence-corrected chi connectivity index (χ1v) is 7.86. The minimum Gasteiger partial charge on any atom is -0.380 e. The second-order valence-corrected chi connectivity index (χ2v) is 5.47. The number of pyridine rings is 1. The molecule has 1 heterocycles. The van der Waals surface area contributed by atoms with Gasteiger partial charge in [0.05, 0.1) is 6.42 Å². The Morgan fingerprint density at radius 1 is 0.920 bits per heavy atom. The van der Waals surface area contributed by atoms with Crippen LogP contribution < -0.4 is 10.7 Å². The number of rotatable bonds is 5. The highest BCUT2D eigenvalue weighted by Crippen LogP contribution is 2.19. The molecule has 0 saturated heterocycles. The quantitative estimate of drug-likeness (QED) is 0.337. The van der Waals surface area contributed by atoms with Gasteiger partial charge in [0, 0.05) is 17.7 Å². The Hall–Kier alpha value is -3.47. The number of aromatic nitrogens is 1. The summed E-state index contributed by atoms with van der Waals surface area (Å²) in [7, 11) is 0. The van der Waals surface area contributed by atoms with Crippen molar-refractivity contribution in [2.24, 2.45) is 10.9 Å². The first-order valence-electron chi connectivity index (χ1n) is 7.86. The fraction of sp³-hybridized carbons (Fsp3) is 0.0500. The van der Waals surface area contributed by atoms with Crippen LogP contribution in [0.25, 0.3) is 11.1 Å². The van der Waals surface area contributed by atoms with E-state index in [0.29, 0.717) is 5.56 Å². The summed E-state index contributed by atoms with van der Waals surface area (Å²) >= 11 is 0. The number of carbonyl (C=O) groups is 1. The van der Waals surface area contributed by atoms with E-state index in [-0.39, 0.29) is 12.3 Å². The lowest BCUT2D eigenvalue weighted by molar-refractivity contribution is -0.378. The molecule has 3 aromatic rings. The molecule has 0 amide bonds. The summed E-state index contributed by atoms with van der Waals surface area (Å²) in [6.07, 6.45) is 3.57. The van der Waals surface area contributed by atoms with Gasteiger partial charge in [0.2, 0.25) is 0 Å². The molecule has 5 heteroatoms.